The lowest BCUT2D eigenvalue weighted by molar-refractivity contribution is -0.137. The average molecular weight is 263 g/mol. The van der Waals surface area contributed by atoms with Gasteiger partial charge in [-0.1, -0.05) is 6.92 Å². The monoisotopic (exact) mass is 262 g/mol. The van der Waals surface area contributed by atoms with Crippen LogP contribution < -0.4 is 5.32 Å². The third-order valence-electron chi connectivity index (χ3n) is 3.50. The lowest BCUT2D eigenvalue weighted by Crippen LogP contribution is -2.45. The van der Waals surface area contributed by atoms with Gasteiger partial charge in [-0.15, -0.1) is 12.4 Å². The smallest absolute Gasteiger partial charge is 0.228 e. The van der Waals surface area contributed by atoms with Crippen molar-refractivity contribution >= 4 is 18.3 Å². The topological polar surface area (TPSA) is 41.6 Å². The lowest BCUT2D eigenvalue weighted by Gasteiger charge is -2.30. The molecule has 1 amide bonds. The van der Waals surface area contributed by atoms with E-state index < -0.39 is 0 Å². The highest BCUT2D eigenvalue weighted by Gasteiger charge is 2.32. The van der Waals surface area contributed by atoms with Gasteiger partial charge in [0.05, 0.1) is 12.5 Å². The lowest BCUT2D eigenvalue weighted by atomic mass is 10.1. The first-order chi connectivity index (χ1) is 7.83. The Hall–Kier alpha value is -0.320. The van der Waals surface area contributed by atoms with Crippen molar-refractivity contribution in [1.82, 2.24) is 10.2 Å². The van der Waals surface area contributed by atoms with Crippen LogP contribution in [0.3, 0.4) is 0 Å². The molecule has 2 aliphatic heterocycles. The third-order valence-corrected chi connectivity index (χ3v) is 3.50. The summed E-state index contributed by atoms with van der Waals surface area (Å²) in [7, 11) is 0. The van der Waals surface area contributed by atoms with Gasteiger partial charge < -0.3 is 15.0 Å². The molecule has 0 radical (unpaired) electrons. The van der Waals surface area contributed by atoms with Gasteiger partial charge in [0, 0.05) is 25.7 Å². The van der Waals surface area contributed by atoms with E-state index in [1.807, 2.05) is 0 Å². The summed E-state index contributed by atoms with van der Waals surface area (Å²) in [6, 6.07) is 0.410. The summed E-state index contributed by atoms with van der Waals surface area (Å²) in [6.45, 7) is 6.40. The molecule has 0 aliphatic carbocycles. The number of carbonyl (C=O) groups is 1. The molecular formula is C12H23ClN2O2. The second-order valence-electron chi connectivity index (χ2n) is 4.74. The molecule has 2 saturated heterocycles. The number of amides is 1. The number of nitrogens with one attached hydrogen (secondary N) is 1. The molecule has 0 bridgehead atoms. The Morgan fingerprint density at radius 2 is 2.29 bits per heavy atom. The maximum absolute atomic E-state index is 12.3. The van der Waals surface area contributed by atoms with Crippen molar-refractivity contribution in [3.8, 4) is 0 Å². The van der Waals surface area contributed by atoms with E-state index in [4.69, 9.17) is 4.74 Å². The first-order valence-electron chi connectivity index (χ1n) is 6.42. The van der Waals surface area contributed by atoms with Crippen LogP contribution in [0.2, 0.25) is 0 Å². The van der Waals surface area contributed by atoms with E-state index in [0.717, 1.165) is 45.5 Å². The summed E-state index contributed by atoms with van der Waals surface area (Å²) >= 11 is 0. The molecule has 0 aromatic rings. The minimum absolute atomic E-state index is 0. The summed E-state index contributed by atoms with van der Waals surface area (Å²) in [5, 5.41) is 3.33. The van der Waals surface area contributed by atoms with E-state index in [2.05, 4.69) is 17.1 Å². The molecule has 2 rings (SSSR count). The zero-order valence-corrected chi connectivity index (χ0v) is 11.3. The van der Waals surface area contributed by atoms with Gasteiger partial charge in [0.2, 0.25) is 5.91 Å². The molecule has 2 aliphatic rings. The van der Waals surface area contributed by atoms with Crippen LogP contribution in [0.4, 0.5) is 0 Å². The summed E-state index contributed by atoms with van der Waals surface area (Å²) in [5.74, 6) is 0.431. The summed E-state index contributed by atoms with van der Waals surface area (Å²) in [4.78, 5) is 14.4. The molecule has 2 unspecified atom stereocenters. The van der Waals surface area contributed by atoms with Crippen molar-refractivity contribution in [2.75, 3.05) is 32.8 Å². The zero-order chi connectivity index (χ0) is 11.4. The number of rotatable bonds is 4. The van der Waals surface area contributed by atoms with E-state index in [-0.39, 0.29) is 18.3 Å². The second kappa shape index (κ2) is 7.19. The fourth-order valence-electron chi connectivity index (χ4n) is 2.58. The molecular weight excluding hydrogens is 240 g/mol. The Morgan fingerprint density at radius 1 is 1.47 bits per heavy atom. The molecule has 2 heterocycles. The number of nitrogens with zero attached hydrogens (tertiary/aromatic N) is 1. The van der Waals surface area contributed by atoms with Crippen molar-refractivity contribution in [3.05, 3.63) is 0 Å². The molecule has 0 aromatic heterocycles. The molecule has 5 heteroatoms. The third kappa shape index (κ3) is 3.57. The van der Waals surface area contributed by atoms with Gasteiger partial charge in [0.15, 0.2) is 0 Å². The van der Waals surface area contributed by atoms with Gasteiger partial charge in [-0.05, 0) is 25.8 Å². The van der Waals surface area contributed by atoms with Crippen molar-refractivity contribution in [2.45, 2.75) is 32.2 Å². The molecule has 0 aromatic carbocycles. The SMILES string of the molecule is CCCN(C(=O)C1CCOC1)C1CCNC1.Cl. The Morgan fingerprint density at radius 3 is 2.82 bits per heavy atom. The first kappa shape index (κ1) is 14.7. The Kier molecular flexibility index (Phi) is 6.23. The largest absolute Gasteiger partial charge is 0.381 e. The van der Waals surface area contributed by atoms with Crippen LogP contribution >= 0.6 is 12.4 Å². The van der Waals surface area contributed by atoms with Gasteiger partial charge in [-0.2, -0.15) is 0 Å². The molecule has 2 atom stereocenters. The van der Waals surface area contributed by atoms with Crippen molar-refractivity contribution in [1.29, 1.82) is 0 Å². The highest BCUT2D eigenvalue weighted by atomic mass is 35.5. The minimum atomic E-state index is 0. The highest BCUT2D eigenvalue weighted by molar-refractivity contribution is 5.85. The van der Waals surface area contributed by atoms with Crippen LogP contribution in [-0.2, 0) is 9.53 Å². The van der Waals surface area contributed by atoms with Gasteiger partial charge in [0.25, 0.3) is 0 Å². The number of hydrogen-bond donors (Lipinski definition) is 1. The minimum Gasteiger partial charge on any atom is -0.381 e. The Balaban J connectivity index is 0.00000144. The number of ether oxygens (including phenoxy) is 1. The van der Waals surface area contributed by atoms with E-state index in [0.29, 0.717) is 18.6 Å². The van der Waals surface area contributed by atoms with E-state index >= 15 is 0 Å². The van der Waals surface area contributed by atoms with E-state index in [1.165, 1.54) is 0 Å². The standard InChI is InChI=1S/C12H22N2O2.ClH/c1-2-6-14(11-3-5-13-8-11)12(15)10-4-7-16-9-10;/h10-11,13H,2-9H2,1H3;1H. The molecule has 0 spiro atoms. The Labute approximate surface area is 109 Å². The van der Waals surface area contributed by atoms with Crippen molar-refractivity contribution in [3.63, 3.8) is 0 Å². The number of hydrogen-bond acceptors (Lipinski definition) is 3. The second-order valence-corrected chi connectivity index (χ2v) is 4.74. The van der Waals surface area contributed by atoms with E-state index in [9.17, 15) is 4.79 Å². The molecule has 17 heavy (non-hydrogen) atoms. The highest BCUT2D eigenvalue weighted by Crippen LogP contribution is 2.19. The van der Waals surface area contributed by atoms with Crippen molar-refractivity contribution in [2.24, 2.45) is 5.92 Å². The maximum atomic E-state index is 12.3. The molecule has 2 fully saturated rings. The first-order valence-corrected chi connectivity index (χ1v) is 6.42. The molecule has 100 valence electrons. The average Bonchev–Trinajstić information content (AvgIpc) is 2.96. The van der Waals surface area contributed by atoms with Gasteiger partial charge >= 0.3 is 0 Å². The van der Waals surface area contributed by atoms with Crippen LogP contribution in [-0.4, -0.2) is 49.7 Å². The molecule has 0 saturated carbocycles. The van der Waals surface area contributed by atoms with E-state index in [1.54, 1.807) is 0 Å². The van der Waals surface area contributed by atoms with Crippen LogP contribution in [0.1, 0.15) is 26.2 Å². The summed E-state index contributed by atoms with van der Waals surface area (Å²) < 4.78 is 5.31. The Bertz CT molecular complexity index is 239. The predicted octanol–water partition coefficient (Wildman–Crippen LogP) is 1.05. The van der Waals surface area contributed by atoms with Gasteiger partial charge in [0.1, 0.15) is 0 Å². The van der Waals surface area contributed by atoms with Crippen LogP contribution in [0, 0.1) is 5.92 Å². The quantitative estimate of drug-likeness (QED) is 0.823. The van der Waals surface area contributed by atoms with Crippen molar-refractivity contribution < 1.29 is 9.53 Å². The predicted molar refractivity (Wildman–Crippen MR) is 69.5 cm³/mol. The number of carbonyl (C=O) groups excluding carboxylic acids is 1. The fourth-order valence-corrected chi connectivity index (χ4v) is 2.58. The van der Waals surface area contributed by atoms with Gasteiger partial charge in [-0.25, -0.2) is 0 Å². The van der Waals surface area contributed by atoms with Crippen LogP contribution in [0.25, 0.3) is 0 Å². The van der Waals surface area contributed by atoms with Crippen LogP contribution in [0.15, 0.2) is 0 Å². The normalized spacial score (nSPS) is 27.8. The zero-order valence-electron chi connectivity index (χ0n) is 10.5. The number of halogens is 1. The maximum Gasteiger partial charge on any atom is 0.228 e. The molecule has 4 nitrogen and oxygen atoms in total. The molecule has 1 N–H and O–H groups in total. The summed E-state index contributed by atoms with van der Waals surface area (Å²) in [6.07, 6.45) is 3.04. The van der Waals surface area contributed by atoms with Crippen LogP contribution in [0.5, 0.6) is 0 Å². The van der Waals surface area contributed by atoms with Gasteiger partial charge in [-0.3, -0.25) is 4.79 Å². The fraction of sp³-hybridized carbons (Fsp3) is 0.917. The summed E-state index contributed by atoms with van der Waals surface area (Å²) in [5.41, 5.74) is 0.